The number of amides is 2. The first kappa shape index (κ1) is 12.7. The number of nitrogens with zero attached hydrogens (tertiary/aromatic N) is 1. The summed E-state index contributed by atoms with van der Waals surface area (Å²) in [6.07, 6.45) is 0.256. The summed E-state index contributed by atoms with van der Waals surface area (Å²) < 4.78 is 1.06. The highest BCUT2D eigenvalue weighted by molar-refractivity contribution is 9.11. The molecule has 92 valence electrons. The highest BCUT2D eigenvalue weighted by Crippen LogP contribution is 2.28. The standard InChI is InChI=1S/C11H13BrN2O2S/c1-6(8-3-4-9(12)17-8)13-7-5-10(15)14(2)11(7)16/h3-4,6-7,13H,5H2,1-2H3. The van der Waals surface area contributed by atoms with Crippen LogP contribution in [0.25, 0.3) is 0 Å². The van der Waals surface area contributed by atoms with Crippen LogP contribution < -0.4 is 5.32 Å². The van der Waals surface area contributed by atoms with Crippen molar-refractivity contribution in [1.29, 1.82) is 0 Å². The molecule has 0 radical (unpaired) electrons. The first-order valence-corrected chi connectivity index (χ1v) is 6.91. The Morgan fingerprint density at radius 2 is 2.24 bits per heavy atom. The van der Waals surface area contributed by atoms with Crippen molar-refractivity contribution in [1.82, 2.24) is 10.2 Å². The quantitative estimate of drug-likeness (QED) is 0.867. The Kier molecular flexibility index (Phi) is 3.65. The van der Waals surface area contributed by atoms with Gasteiger partial charge < -0.3 is 0 Å². The number of halogens is 1. The van der Waals surface area contributed by atoms with E-state index in [2.05, 4.69) is 21.2 Å². The lowest BCUT2D eigenvalue weighted by atomic mass is 10.2. The molecule has 1 saturated heterocycles. The number of carbonyl (C=O) groups is 2. The highest BCUT2D eigenvalue weighted by Gasteiger charge is 2.36. The summed E-state index contributed by atoms with van der Waals surface area (Å²) >= 11 is 5.03. The van der Waals surface area contributed by atoms with E-state index < -0.39 is 0 Å². The van der Waals surface area contributed by atoms with E-state index in [4.69, 9.17) is 0 Å². The smallest absolute Gasteiger partial charge is 0.246 e. The zero-order valence-electron chi connectivity index (χ0n) is 9.57. The zero-order valence-corrected chi connectivity index (χ0v) is 12.0. The van der Waals surface area contributed by atoms with Crippen LogP contribution in [0.5, 0.6) is 0 Å². The highest BCUT2D eigenvalue weighted by atomic mass is 79.9. The maximum atomic E-state index is 11.7. The first-order valence-electron chi connectivity index (χ1n) is 5.30. The van der Waals surface area contributed by atoms with Crippen molar-refractivity contribution >= 4 is 39.1 Å². The predicted octanol–water partition coefficient (Wildman–Crippen LogP) is 1.92. The molecule has 1 aromatic rings. The van der Waals surface area contributed by atoms with Gasteiger partial charge in [0, 0.05) is 18.0 Å². The normalized spacial score (nSPS) is 22.3. The molecule has 0 saturated carbocycles. The van der Waals surface area contributed by atoms with Crippen molar-refractivity contribution in [3.63, 3.8) is 0 Å². The van der Waals surface area contributed by atoms with Crippen molar-refractivity contribution in [3.8, 4) is 0 Å². The molecule has 2 amide bonds. The number of likely N-dealkylation sites (tertiary alicyclic amines) is 1. The molecule has 2 heterocycles. The Morgan fingerprint density at radius 1 is 1.53 bits per heavy atom. The Labute approximate surface area is 112 Å². The second-order valence-corrected chi connectivity index (χ2v) is 6.57. The van der Waals surface area contributed by atoms with Crippen molar-refractivity contribution in [2.45, 2.75) is 25.4 Å². The fourth-order valence-electron chi connectivity index (χ4n) is 1.83. The molecule has 0 aromatic carbocycles. The fraction of sp³-hybridized carbons (Fsp3) is 0.455. The maximum absolute atomic E-state index is 11.7. The molecule has 0 aliphatic carbocycles. The first-order chi connectivity index (χ1) is 7.99. The van der Waals surface area contributed by atoms with Gasteiger partial charge in [0.1, 0.15) is 0 Å². The summed E-state index contributed by atoms with van der Waals surface area (Å²) in [6.45, 7) is 1.99. The Hall–Kier alpha value is -0.720. The van der Waals surface area contributed by atoms with Gasteiger partial charge in [-0.15, -0.1) is 11.3 Å². The number of imide groups is 1. The van der Waals surface area contributed by atoms with E-state index in [1.54, 1.807) is 11.3 Å². The van der Waals surface area contributed by atoms with E-state index in [0.717, 1.165) is 8.66 Å². The van der Waals surface area contributed by atoms with Gasteiger partial charge in [-0.25, -0.2) is 0 Å². The number of carbonyl (C=O) groups excluding carboxylic acids is 2. The number of nitrogens with one attached hydrogen (secondary N) is 1. The molecule has 2 unspecified atom stereocenters. The van der Waals surface area contributed by atoms with Crippen molar-refractivity contribution in [2.75, 3.05) is 7.05 Å². The SMILES string of the molecule is CC(NC1CC(=O)N(C)C1=O)c1ccc(Br)s1. The predicted molar refractivity (Wildman–Crippen MR) is 69.8 cm³/mol. The van der Waals surface area contributed by atoms with Gasteiger partial charge in [-0.3, -0.25) is 19.8 Å². The molecule has 1 aliphatic heterocycles. The van der Waals surface area contributed by atoms with Gasteiger partial charge in [-0.2, -0.15) is 0 Å². The Morgan fingerprint density at radius 3 is 2.71 bits per heavy atom. The molecule has 0 bridgehead atoms. The van der Waals surface area contributed by atoms with Gasteiger partial charge in [-0.05, 0) is 35.0 Å². The molecule has 2 rings (SSSR count). The Balaban J connectivity index is 2.02. The Bertz CT molecular complexity index is 460. The molecule has 2 atom stereocenters. The number of hydrogen-bond acceptors (Lipinski definition) is 4. The zero-order chi connectivity index (χ0) is 12.6. The van der Waals surface area contributed by atoms with E-state index in [9.17, 15) is 9.59 Å². The number of hydrogen-bond donors (Lipinski definition) is 1. The third-order valence-electron chi connectivity index (χ3n) is 2.85. The van der Waals surface area contributed by atoms with Crippen LogP contribution >= 0.6 is 27.3 Å². The van der Waals surface area contributed by atoms with E-state index in [1.165, 1.54) is 11.9 Å². The average molecular weight is 317 g/mol. The minimum Gasteiger partial charge on any atom is -0.298 e. The lowest BCUT2D eigenvalue weighted by molar-refractivity contribution is -0.137. The monoisotopic (exact) mass is 316 g/mol. The molecule has 1 aromatic heterocycles. The van der Waals surface area contributed by atoms with E-state index in [1.807, 2.05) is 19.1 Å². The van der Waals surface area contributed by atoms with E-state index in [0.29, 0.717) is 0 Å². The second kappa shape index (κ2) is 4.88. The summed E-state index contributed by atoms with van der Waals surface area (Å²) in [5, 5.41) is 3.20. The average Bonchev–Trinajstić information content (AvgIpc) is 2.80. The van der Waals surface area contributed by atoms with Gasteiger partial charge in [0.2, 0.25) is 11.8 Å². The molecular formula is C11H13BrN2O2S. The third-order valence-corrected chi connectivity index (χ3v) is 4.66. The lowest BCUT2D eigenvalue weighted by Gasteiger charge is -2.16. The summed E-state index contributed by atoms with van der Waals surface area (Å²) in [6, 6.07) is 3.67. The van der Waals surface area contributed by atoms with Gasteiger partial charge >= 0.3 is 0 Å². The van der Waals surface area contributed by atoms with Crippen molar-refractivity contribution < 1.29 is 9.59 Å². The molecule has 1 fully saturated rings. The number of rotatable bonds is 3. The number of thiophene rings is 1. The molecule has 1 aliphatic rings. The van der Waals surface area contributed by atoms with Gasteiger partial charge in [0.05, 0.1) is 16.2 Å². The minimum atomic E-state index is -0.386. The summed E-state index contributed by atoms with van der Waals surface area (Å²) in [5.41, 5.74) is 0. The summed E-state index contributed by atoms with van der Waals surface area (Å²) in [4.78, 5) is 25.4. The van der Waals surface area contributed by atoms with Crippen LogP contribution in [0.1, 0.15) is 24.3 Å². The molecule has 0 spiro atoms. The van der Waals surface area contributed by atoms with Gasteiger partial charge in [0.15, 0.2) is 0 Å². The molecular weight excluding hydrogens is 304 g/mol. The van der Waals surface area contributed by atoms with Gasteiger partial charge in [0.25, 0.3) is 0 Å². The molecule has 4 nitrogen and oxygen atoms in total. The maximum Gasteiger partial charge on any atom is 0.246 e. The van der Waals surface area contributed by atoms with Crippen LogP contribution in [0, 0.1) is 0 Å². The summed E-state index contributed by atoms with van der Waals surface area (Å²) in [5.74, 6) is -0.260. The van der Waals surface area contributed by atoms with Crippen LogP contribution in [0.3, 0.4) is 0 Å². The fourth-order valence-corrected chi connectivity index (χ4v) is 3.27. The molecule has 6 heteroatoms. The largest absolute Gasteiger partial charge is 0.298 e. The molecule has 17 heavy (non-hydrogen) atoms. The third kappa shape index (κ3) is 2.59. The van der Waals surface area contributed by atoms with Crippen LogP contribution in [0.4, 0.5) is 0 Å². The van der Waals surface area contributed by atoms with Crippen molar-refractivity contribution in [3.05, 3.63) is 20.8 Å². The second-order valence-electron chi connectivity index (χ2n) is 4.08. The van der Waals surface area contributed by atoms with Gasteiger partial charge in [-0.1, -0.05) is 0 Å². The topological polar surface area (TPSA) is 49.4 Å². The van der Waals surface area contributed by atoms with Crippen molar-refractivity contribution in [2.24, 2.45) is 0 Å². The summed E-state index contributed by atoms with van der Waals surface area (Å²) in [7, 11) is 1.53. The van der Waals surface area contributed by atoms with Crippen LogP contribution in [-0.4, -0.2) is 29.8 Å². The van der Waals surface area contributed by atoms with E-state index >= 15 is 0 Å². The minimum absolute atomic E-state index is 0.0690. The lowest BCUT2D eigenvalue weighted by Crippen LogP contribution is -2.38. The van der Waals surface area contributed by atoms with Crippen LogP contribution in [0.15, 0.2) is 15.9 Å². The van der Waals surface area contributed by atoms with E-state index in [-0.39, 0.29) is 30.3 Å². The van der Waals surface area contributed by atoms with Crippen LogP contribution in [0.2, 0.25) is 0 Å². The molecule has 1 N–H and O–H groups in total. The number of likely N-dealkylation sites (N-methyl/N-ethyl adjacent to an activating group) is 1. The van der Waals surface area contributed by atoms with Crippen LogP contribution in [-0.2, 0) is 9.59 Å².